The molecule has 24 heavy (non-hydrogen) atoms. The summed E-state index contributed by atoms with van der Waals surface area (Å²) in [5.41, 5.74) is 2.36. The van der Waals surface area contributed by atoms with Gasteiger partial charge in [-0.2, -0.15) is 5.10 Å². The van der Waals surface area contributed by atoms with Gasteiger partial charge in [0.2, 0.25) is 0 Å². The van der Waals surface area contributed by atoms with Crippen molar-refractivity contribution in [3.05, 3.63) is 64.2 Å². The summed E-state index contributed by atoms with van der Waals surface area (Å²) in [7, 11) is 0. The lowest BCUT2D eigenvalue weighted by atomic mass is 10.1. The van der Waals surface area contributed by atoms with Crippen molar-refractivity contribution >= 4 is 16.8 Å². The summed E-state index contributed by atoms with van der Waals surface area (Å²) in [5, 5.41) is 8.30. The third-order valence-electron chi connectivity index (χ3n) is 4.31. The number of H-pyrrole nitrogens is 1. The second-order valence-electron chi connectivity index (χ2n) is 6.13. The number of amides is 1. The number of rotatable bonds is 5. The minimum atomic E-state index is -0.155. The van der Waals surface area contributed by atoms with Crippen LogP contribution in [0.5, 0.6) is 0 Å². The van der Waals surface area contributed by atoms with Gasteiger partial charge in [-0.3, -0.25) is 9.59 Å². The smallest absolute Gasteiger partial charge is 0.266 e. The maximum absolute atomic E-state index is 12.2. The van der Waals surface area contributed by atoms with E-state index in [0.717, 1.165) is 29.4 Å². The standard InChI is InChI=1S/C18H18N4O2/c23-17-6-5-15(12-1-2-12)21-22(17)10-9-20-18(24)14-4-3-13-7-8-19-16(13)11-14/h3-8,11-12,19H,1-2,9-10H2,(H,20,24). The van der Waals surface area contributed by atoms with Gasteiger partial charge in [-0.25, -0.2) is 4.68 Å². The molecule has 0 unspecified atom stereocenters. The number of aromatic nitrogens is 3. The van der Waals surface area contributed by atoms with Crippen molar-refractivity contribution in [3.63, 3.8) is 0 Å². The summed E-state index contributed by atoms with van der Waals surface area (Å²) < 4.78 is 1.43. The van der Waals surface area contributed by atoms with Crippen LogP contribution in [0.1, 0.15) is 34.8 Å². The van der Waals surface area contributed by atoms with Crippen molar-refractivity contribution in [2.24, 2.45) is 0 Å². The zero-order valence-electron chi connectivity index (χ0n) is 13.2. The van der Waals surface area contributed by atoms with Crippen molar-refractivity contribution in [2.75, 3.05) is 6.54 Å². The first-order valence-corrected chi connectivity index (χ1v) is 8.14. The molecule has 1 aliphatic rings. The number of aromatic amines is 1. The van der Waals surface area contributed by atoms with Crippen LogP contribution in [0.25, 0.3) is 10.9 Å². The molecule has 1 aliphatic carbocycles. The van der Waals surface area contributed by atoms with Gasteiger partial charge in [-0.05, 0) is 42.5 Å². The minimum Gasteiger partial charge on any atom is -0.361 e. The number of benzene rings is 1. The largest absolute Gasteiger partial charge is 0.361 e. The van der Waals surface area contributed by atoms with E-state index in [-0.39, 0.29) is 11.5 Å². The summed E-state index contributed by atoms with van der Waals surface area (Å²) in [6.07, 6.45) is 4.13. The molecule has 2 aromatic heterocycles. The Labute approximate surface area is 138 Å². The lowest BCUT2D eigenvalue weighted by molar-refractivity contribution is 0.0952. The van der Waals surface area contributed by atoms with Gasteiger partial charge < -0.3 is 10.3 Å². The van der Waals surface area contributed by atoms with Gasteiger partial charge in [-0.1, -0.05) is 6.07 Å². The molecule has 6 heteroatoms. The Kier molecular flexibility index (Phi) is 3.65. The summed E-state index contributed by atoms with van der Waals surface area (Å²) >= 11 is 0. The van der Waals surface area contributed by atoms with Crippen LogP contribution in [-0.4, -0.2) is 27.2 Å². The second kappa shape index (κ2) is 5.96. The fraction of sp³-hybridized carbons (Fsp3) is 0.278. The van der Waals surface area contributed by atoms with Crippen molar-refractivity contribution in [3.8, 4) is 0 Å². The molecule has 0 atom stereocenters. The molecule has 1 aromatic carbocycles. The first-order chi connectivity index (χ1) is 11.7. The predicted molar refractivity (Wildman–Crippen MR) is 91.1 cm³/mol. The first kappa shape index (κ1) is 14.7. The summed E-state index contributed by atoms with van der Waals surface area (Å²) in [5.74, 6) is 0.344. The van der Waals surface area contributed by atoms with Crippen molar-refractivity contribution < 1.29 is 4.79 Å². The maximum Gasteiger partial charge on any atom is 0.266 e. The Hall–Kier alpha value is -2.89. The number of hydrogen-bond donors (Lipinski definition) is 2. The Bertz CT molecular complexity index is 953. The minimum absolute atomic E-state index is 0.138. The highest BCUT2D eigenvalue weighted by molar-refractivity contribution is 5.97. The highest BCUT2D eigenvalue weighted by Gasteiger charge is 2.25. The van der Waals surface area contributed by atoms with Crippen LogP contribution in [0.15, 0.2) is 47.4 Å². The molecule has 3 aromatic rings. The number of nitrogens with one attached hydrogen (secondary N) is 2. The molecule has 0 radical (unpaired) electrons. The van der Waals surface area contributed by atoms with Gasteiger partial charge in [0.25, 0.3) is 11.5 Å². The molecule has 122 valence electrons. The quantitative estimate of drug-likeness (QED) is 0.754. The topological polar surface area (TPSA) is 79.8 Å². The van der Waals surface area contributed by atoms with Crippen LogP contribution in [0, 0.1) is 0 Å². The monoisotopic (exact) mass is 322 g/mol. The van der Waals surface area contributed by atoms with Gasteiger partial charge in [0.05, 0.1) is 12.2 Å². The number of carbonyl (C=O) groups is 1. The Morgan fingerprint density at radius 1 is 1.25 bits per heavy atom. The first-order valence-electron chi connectivity index (χ1n) is 8.14. The summed E-state index contributed by atoms with van der Waals surface area (Å²) in [4.78, 5) is 27.2. The zero-order chi connectivity index (χ0) is 16.5. The molecule has 6 nitrogen and oxygen atoms in total. The predicted octanol–water partition coefficient (Wildman–Crippen LogP) is 2.03. The zero-order valence-corrected chi connectivity index (χ0v) is 13.2. The number of fused-ring (bicyclic) bond motifs is 1. The maximum atomic E-state index is 12.2. The molecule has 1 fully saturated rings. The number of hydrogen-bond acceptors (Lipinski definition) is 3. The van der Waals surface area contributed by atoms with E-state index in [4.69, 9.17) is 0 Å². The summed E-state index contributed by atoms with van der Waals surface area (Å²) in [6.45, 7) is 0.735. The molecule has 0 spiro atoms. The third kappa shape index (κ3) is 2.95. The Balaban J connectivity index is 1.40. The van der Waals surface area contributed by atoms with E-state index < -0.39 is 0 Å². The van der Waals surface area contributed by atoms with Gasteiger partial charge in [-0.15, -0.1) is 0 Å². The van der Waals surface area contributed by atoms with Gasteiger partial charge in [0, 0.05) is 35.8 Å². The van der Waals surface area contributed by atoms with Crippen molar-refractivity contribution in [2.45, 2.75) is 25.3 Å². The van der Waals surface area contributed by atoms with Gasteiger partial charge in [0.15, 0.2) is 0 Å². The van der Waals surface area contributed by atoms with E-state index in [1.165, 1.54) is 4.68 Å². The molecular formula is C18H18N4O2. The number of nitrogens with zero attached hydrogens (tertiary/aromatic N) is 2. The van der Waals surface area contributed by atoms with Crippen molar-refractivity contribution in [1.82, 2.24) is 20.1 Å². The van der Waals surface area contributed by atoms with Gasteiger partial charge in [0.1, 0.15) is 0 Å². The fourth-order valence-corrected chi connectivity index (χ4v) is 2.79. The van der Waals surface area contributed by atoms with Crippen LogP contribution in [0.4, 0.5) is 0 Å². The second-order valence-corrected chi connectivity index (χ2v) is 6.13. The van der Waals surface area contributed by atoms with Crippen molar-refractivity contribution in [1.29, 1.82) is 0 Å². The molecule has 2 heterocycles. The van der Waals surface area contributed by atoms with E-state index in [0.29, 0.717) is 24.6 Å². The van der Waals surface area contributed by atoms with Crippen LogP contribution < -0.4 is 10.9 Å². The fourth-order valence-electron chi connectivity index (χ4n) is 2.79. The highest BCUT2D eigenvalue weighted by atomic mass is 16.1. The lowest BCUT2D eigenvalue weighted by Gasteiger charge is -2.08. The molecule has 1 saturated carbocycles. The summed E-state index contributed by atoms with van der Waals surface area (Å²) in [6, 6.07) is 10.8. The van der Waals surface area contributed by atoms with Crippen LogP contribution in [0.3, 0.4) is 0 Å². The van der Waals surface area contributed by atoms with E-state index >= 15 is 0 Å². The number of carbonyl (C=O) groups excluding carboxylic acids is 1. The molecule has 1 amide bonds. The Morgan fingerprint density at radius 3 is 2.96 bits per heavy atom. The Morgan fingerprint density at radius 2 is 2.12 bits per heavy atom. The van der Waals surface area contributed by atoms with Gasteiger partial charge >= 0.3 is 0 Å². The van der Waals surface area contributed by atoms with Crippen LogP contribution in [-0.2, 0) is 6.54 Å². The van der Waals surface area contributed by atoms with Crippen LogP contribution in [0.2, 0.25) is 0 Å². The molecular weight excluding hydrogens is 304 g/mol. The molecule has 0 bridgehead atoms. The van der Waals surface area contributed by atoms with E-state index in [1.54, 1.807) is 18.2 Å². The SMILES string of the molecule is O=C(NCCn1nc(C2CC2)ccc1=O)c1ccc2cc[nH]c2c1. The molecule has 0 aliphatic heterocycles. The lowest BCUT2D eigenvalue weighted by Crippen LogP contribution is -2.32. The van der Waals surface area contributed by atoms with E-state index in [1.807, 2.05) is 24.4 Å². The molecule has 0 saturated heterocycles. The normalized spacial score (nSPS) is 14.0. The molecule has 2 N–H and O–H groups in total. The molecule has 4 rings (SSSR count). The average molecular weight is 322 g/mol. The van der Waals surface area contributed by atoms with E-state index in [2.05, 4.69) is 15.4 Å². The average Bonchev–Trinajstić information content (AvgIpc) is 3.33. The van der Waals surface area contributed by atoms with E-state index in [9.17, 15) is 9.59 Å². The highest BCUT2D eigenvalue weighted by Crippen LogP contribution is 2.38. The third-order valence-corrected chi connectivity index (χ3v) is 4.31. The van der Waals surface area contributed by atoms with Crippen LogP contribution >= 0.6 is 0 Å².